The van der Waals surface area contributed by atoms with Gasteiger partial charge >= 0.3 is 0 Å². The number of para-hydroxylation sites is 1. The zero-order valence-electron chi connectivity index (χ0n) is 19.9. The first-order chi connectivity index (χ1) is 16.4. The summed E-state index contributed by atoms with van der Waals surface area (Å²) in [5.41, 5.74) is 4.65. The van der Waals surface area contributed by atoms with Crippen LogP contribution in [0.2, 0.25) is 0 Å². The highest BCUT2D eigenvalue weighted by molar-refractivity contribution is 8.26. The molecule has 0 unspecified atom stereocenters. The van der Waals surface area contributed by atoms with Gasteiger partial charge in [-0.25, -0.2) is 4.68 Å². The summed E-state index contributed by atoms with van der Waals surface area (Å²) in [5.74, 6) is 1.30. The van der Waals surface area contributed by atoms with E-state index in [4.69, 9.17) is 22.1 Å². The summed E-state index contributed by atoms with van der Waals surface area (Å²) in [6, 6.07) is 16.1. The molecule has 1 fully saturated rings. The maximum Gasteiger partial charge on any atom is 0.266 e. The average molecular weight is 492 g/mol. The summed E-state index contributed by atoms with van der Waals surface area (Å²) in [6.07, 6.45) is 4.74. The molecule has 2 aromatic carbocycles. The van der Waals surface area contributed by atoms with E-state index in [-0.39, 0.29) is 5.91 Å². The zero-order chi connectivity index (χ0) is 24.2. The number of rotatable bonds is 8. The molecule has 0 aliphatic carbocycles. The van der Waals surface area contributed by atoms with Crippen LogP contribution < -0.4 is 4.74 Å². The van der Waals surface area contributed by atoms with Crippen LogP contribution in [0.1, 0.15) is 38.3 Å². The van der Waals surface area contributed by atoms with Crippen LogP contribution in [0.3, 0.4) is 0 Å². The Balaban J connectivity index is 1.75. The van der Waals surface area contributed by atoms with Crippen molar-refractivity contribution in [3.63, 3.8) is 0 Å². The number of carbonyl (C=O) groups is 1. The Bertz CT molecular complexity index is 1230. The van der Waals surface area contributed by atoms with E-state index in [0.29, 0.717) is 28.3 Å². The highest BCUT2D eigenvalue weighted by atomic mass is 32.2. The van der Waals surface area contributed by atoms with Crippen LogP contribution in [0.25, 0.3) is 23.0 Å². The Kier molecular flexibility index (Phi) is 7.54. The predicted molar refractivity (Wildman–Crippen MR) is 144 cm³/mol. The van der Waals surface area contributed by atoms with Crippen LogP contribution in [-0.2, 0) is 4.79 Å². The molecule has 7 heteroatoms. The molecule has 0 saturated carbocycles. The van der Waals surface area contributed by atoms with Gasteiger partial charge in [-0.15, -0.1) is 0 Å². The SMILES string of the molecule is CCCN1C(=O)C(=Cc2cn(-c3ccccc3)nc2-c2ccc(OCC(C)C)c(C)c2)SC1=S. The van der Waals surface area contributed by atoms with Crippen molar-refractivity contribution in [3.05, 3.63) is 70.8 Å². The van der Waals surface area contributed by atoms with Crippen LogP contribution in [0.5, 0.6) is 5.75 Å². The lowest BCUT2D eigenvalue weighted by Crippen LogP contribution is -2.28. The van der Waals surface area contributed by atoms with E-state index in [0.717, 1.165) is 40.2 Å². The number of ether oxygens (including phenoxy) is 1. The maximum absolute atomic E-state index is 13.0. The number of hydrogen-bond donors (Lipinski definition) is 0. The Morgan fingerprint density at radius 1 is 1.18 bits per heavy atom. The molecule has 4 rings (SSSR count). The Labute approximate surface area is 210 Å². The number of nitrogens with zero attached hydrogens (tertiary/aromatic N) is 3. The molecular formula is C27H29N3O2S2. The van der Waals surface area contributed by atoms with Crippen molar-refractivity contribution in [2.24, 2.45) is 5.92 Å². The molecule has 0 radical (unpaired) electrons. The molecule has 1 amide bonds. The highest BCUT2D eigenvalue weighted by Gasteiger charge is 2.31. The molecule has 176 valence electrons. The molecule has 2 heterocycles. The first-order valence-electron chi connectivity index (χ1n) is 11.5. The van der Waals surface area contributed by atoms with Crippen LogP contribution in [0.4, 0.5) is 0 Å². The third-order valence-corrected chi connectivity index (χ3v) is 6.77. The second-order valence-corrected chi connectivity index (χ2v) is 10.4. The third kappa shape index (κ3) is 5.26. The van der Waals surface area contributed by atoms with Gasteiger partial charge in [-0.05, 0) is 61.2 Å². The number of thiocarbonyl (C=S) groups is 1. The summed E-state index contributed by atoms with van der Waals surface area (Å²) < 4.78 is 8.42. The van der Waals surface area contributed by atoms with Crippen molar-refractivity contribution < 1.29 is 9.53 Å². The van der Waals surface area contributed by atoms with E-state index in [2.05, 4.69) is 19.9 Å². The number of aryl methyl sites for hydroxylation is 1. The van der Waals surface area contributed by atoms with Gasteiger partial charge < -0.3 is 4.74 Å². The Morgan fingerprint density at radius 3 is 2.62 bits per heavy atom. The standard InChI is InChI=1S/C27H29N3O2S2/c1-5-13-29-26(31)24(34-27(29)33)15-21-16-30(22-9-7-6-8-10-22)28-25(21)20-11-12-23(19(4)14-20)32-17-18(2)3/h6-12,14-16,18H,5,13,17H2,1-4H3. The smallest absolute Gasteiger partial charge is 0.266 e. The second kappa shape index (κ2) is 10.6. The second-order valence-electron chi connectivity index (χ2n) is 8.73. The minimum Gasteiger partial charge on any atom is -0.493 e. The van der Waals surface area contributed by atoms with E-state index < -0.39 is 0 Å². The van der Waals surface area contributed by atoms with E-state index in [1.54, 1.807) is 4.90 Å². The molecule has 0 spiro atoms. The topological polar surface area (TPSA) is 47.4 Å². The monoisotopic (exact) mass is 491 g/mol. The van der Waals surface area contributed by atoms with Gasteiger partial charge in [0.2, 0.25) is 0 Å². The number of amides is 1. The molecule has 1 saturated heterocycles. The van der Waals surface area contributed by atoms with Crippen molar-refractivity contribution in [1.29, 1.82) is 0 Å². The van der Waals surface area contributed by atoms with Gasteiger partial charge in [0.1, 0.15) is 15.8 Å². The molecular weight excluding hydrogens is 462 g/mol. The highest BCUT2D eigenvalue weighted by Crippen LogP contribution is 2.35. The van der Waals surface area contributed by atoms with Crippen molar-refractivity contribution in [3.8, 4) is 22.7 Å². The summed E-state index contributed by atoms with van der Waals surface area (Å²) >= 11 is 6.80. The number of aromatic nitrogens is 2. The molecule has 0 atom stereocenters. The maximum atomic E-state index is 13.0. The lowest BCUT2D eigenvalue weighted by atomic mass is 10.0. The first-order valence-corrected chi connectivity index (χ1v) is 12.7. The number of benzene rings is 2. The quantitative estimate of drug-likeness (QED) is 0.266. The Hall–Kier alpha value is -2.90. The Morgan fingerprint density at radius 2 is 1.94 bits per heavy atom. The summed E-state index contributed by atoms with van der Waals surface area (Å²) in [5, 5.41) is 4.90. The van der Waals surface area contributed by atoms with Gasteiger partial charge in [-0.1, -0.05) is 63.0 Å². The third-order valence-electron chi connectivity index (χ3n) is 5.39. The van der Waals surface area contributed by atoms with E-state index in [9.17, 15) is 4.79 Å². The van der Waals surface area contributed by atoms with Gasteiger partial charge in [-0.2, -0.15) is 5.10 Å². The van der Waals surface area contributed by atoms with Gasteiger partial charge in [0.05, 0.1) is 17.2 Å². The van der Waals surface area contributed by atoms with E-state index in [1.165, 1.54) is 11.8 Å². The fraction of sp³-hybridized carbons (Fsp3) is 0.296. The van der Waals surface area contributed by atoms with Crippen molar-refractivity contribution >= 4 is 40.3 Å². The summed E-state index contributed by atoms with van der Waals surface area (Å²) in [4.78, 5) is 15.3. The minimum atomic E-state index is -0.0381. The largest absolute Gasteiger partial charge is 0.493 e. The number of thioether (sulfide) groups is 1. The van der Waals surface area contributed by atoms with E-state index in [1.807, 2.05) is 73.3 Å². The molecule has 1 aromatic heterocycles. The van der Waals surface area contributed by atoms with E-state index >= 15 is 0 Å². The lowest BCUT2D eigenvalue weighted by Gasteiger charge is -2.12. The number of hydrogen-bond acceptors (Lipinski definition) is 5. The molecule has 5 nitrogen and oxygen atoms in total. The van der Waals surface area contributed by atoms with Gasteiger partial charge in [-0.3, -0.25) is 9.69 Å². The average Bonchev–Trinajstić information content (AvgIpc) is 3.35. The normalized spacial score (nSPS) is 15.1. The van der Waals surface area contributed by atoms with Gasteiger partial charge in [0, 0.05) is 23.9 Å². The van der Waals surface area contributed by atoms with Crippen LogP contribution in [-0.4, -0.2) is 38.1 Å². The summed E-state index contributed by atoms with van der Waals surface area (Å²) in [6.45, 7) is 9.66. The first kappa shape index (κ1) is 24.2. The van der Waals surface area contributed by atoms with Crippen molar-refractivity contribution in [2.45, 2.75) is 34.1 Å². The van der Waals surface area contributed by atoms with Crippen LogP contribution in [0.15, 0.2) is 59.6 Å². The molecule has 0 N–H and O–H groups in total. The minimum absolute atomic E-state index is 0.0381. The fourth-order valence-corrected chi connectivity index (χ4v) is 5.00. The predicted octanol–water partition coefficient (Wildman–Crippen LogP) is 6.49. The molecule has 3 aromatic rings. The summed E-state index contributed by atoms with van der Waals surface area (Å²) in [7, 11) is 0. The van der Waals surface area contributed by atoms with Crippen molar-refractivity contribution in [2.75, 3.05) is 13.2 Å². The van der Waals surface area contributed by atoms with Gasteiger partial charge in [0.25, 0.3) is 5.91 Å². The zero-order valence-corrected chi connectivity index (χ0v) is 21.6. The molecule has 1 aliphatic heterocycles. The van der Waals surface area contributed by atoms with Gasteiger partial charge in [0.15, 0.2) is 0 Å². The number of carbonyl (C=O) groups excluding carboxylic acids is 1. The molecule has 1 aliphatic rings. The van der Waals surface area contributed by atoms with Crippen molar-refractivity contribution in [1.82, 2.24) is 14.7 Å². The lowest BCUT2D eigenvalue weighted by molar-refractivity contribution is -0.122. The van der Waals surface area contributed by atoms with Crippen LogP contribution in [0, 0.1) is 12.8 Å². The molecule has 34 heavy (non-hydrogen) atoms. The molecule has 0 bridgehead atoms. The van der Waals surface area contributed by atoms with Crippen LogP contribution >= 0.6 is 24.0 Å². The fourth-order valence-electron chi connectivity index (χ4n) is 3.70.